The van der Waals surface area contributed by atoms with Gasteiger partial charge >= 0.3 is 0 Å². The highest BCUT2D eigenvalue weighted by Crippen LogP contribution is 2.14. The number of hydrogen-bond acceptors (Lipinski definition) is 5. The summed E-state index contributed by atoms with van der Waals surface area (Å²) in [7, 11) is 0. The van der Waals surface area contributed by atoms with Gasteiger partial charge in [-0.2, -0.15) is 4.37 Å². The first-order chi connectivity index (χ1) is 8.81. The summed E-state index contributed by atoms with van der Waals surface area (Å²) in [5.41, 5.74) is 7.94. The normalized spacial score (nSPS) is 10.6. The fourth-order valence-electron chi connectivity index (χ4n) is 1.62. The number of nitrogens with zero attached hydrogens (tertiary/aromatic N) is 2. The monoisotopic (exact) mass is 262 g/mol. The van der Waals surface area contributed by atoms with Gasteiger partial charge in [-0.05, 0) is 17.5 Å². The van der Waals surface area contributed by atoms with E-state index < -0.39 is 0 Å². The van der Waals surface area contributed by atoms with Gasteiger partial charge in [0.25, 0.3) is 0 Å². The topological polar surface area (TPSA) is 63.8 Å². The van der Waals surface area contributed by atoms with Crippen LogP contribution in [0.4, 0.5) is 5.13 Å². The molecular formula is C13H18N4S. The van der Waals surface area contributed by atoms with E-state index in [1.807, 2.05) is 0 Å². The van der Waals surface area contributed by atoms with Crippen LogP contribution < -0.4 is 11.1 Å². The minimum absolute atomic E-state index is 0.588. The van der Waals surface area contributed by atoms with Gasteiger partial charge in [0.1, 0.15) is 5.82 Å². The Morgan fingerprint density at radius 1 is 1.22 bits per heavy atom. The van der Waals surface area contributed by atoms with Crippen molar-refractivity contribution in [3.63, 3.8) is 0 Å². The molecule has 0 bridgehead atoms. The van der Waals surface area contributed by atoms with Crippen molar-refractivity contribution in [1.82, 2.24) is 9.36 Å². The molecule has 96 valence electrons. The minimum Gasteiger partial charge on any atom is -0.356 e. The second-order valence-corrected chi connectivity index (χ2v) is 4.89. The molecule has 0 amide bonds. The van der Waals surface area contributed by atoms with E-state index in [0.29, 0.717) is 6.54 Å². The van der Waals surface area contributed by atoms with Gasteiger partial charge in [0, 0.05) is 31.0 Å². The molecule has 0 spiro atoms. The summed E-state index contributed by atoms with van der Waals surface area (Å²) in [6.45, 7) is 3.49. The summed E-state index contributed by atoms with van der Waals surface area (Å²) in [6, 6.07) is 8.28. The van der Waals surface area contributed by atoms with Crippen molar-refractivity contribution in [2.24, 2.45) is 5.73 Å². The Bertz CT molecular complexity index is 478. The maximum absolute atomic E-state index is 5.56. The summed E-state index contributed by atoms with van der Waals surface area (Å²) < 4.78 is 4.30. The summed E-state index contributed by atoms with van der Waals surface area (Å²) in [5.74, 6) is 0.934. The van der Waals surface area contributed by atoms with Crippen LogP contribution in [0.25, 0.3) is 0 Å². The lowest BCUT2D eigenvalue weighted by atomic mass is 10.1. The third-order valence-corrected chi connectivity index (χ3v) is 3.35. The molecule has 4 nitrogen and oxygen atoms in total. The van der Waals surface area contributed by atoms with Gasteiger partial charge in [-0.1, -0.05) is 31.2 Å². The Kier molecular flexibility index (Phi) is 4.66. The Balaban J connectivity index is 1.89. The van der Waals surface area contributed by atoms with Crippen LogP contribution in [0.2, 0.25) is 0 Å². The van der Waals surface area contributed by atoms with E-state index >= 15 is 0 Å². The van der Waals surface area contributed by atoms with Crippen LogP contribution in [0.5, 0.6) is 0 Å². The van der Waals surface area contributed by atoms with Gasteiger partial charge in [0.15, 0.2) is 0 Å². The third kappa shape index (κ3) is 3.51. The van der Waals surface area contributed by atoms with E-state index in [0.717, 1.165) is 35.9 Å². The SMILES string of the molecule is CCCc1nsc(NCc2ccc(CN)cc2)n1. The second kappa shape index (κ2) is 6.47. The summed E-state index contributed by atoms with van der Waals surface area (Å²) in [6.07, 6.45) is 2.03. The summed E-state index contributed by atoms with van der Waals surface area (Å²) in [5, 5.41) is 4.18. The lowest BCUT2D eigenvalue weighted by Gasteiger charge is -2.03. The number of nitrogens with one attached hydrogen (secondary N) is 1. The quantitative estimate of drug-likeness (QED) is 0.840. The van der Waals surface area contributed by atoms with Gasteiger partial charge in [-0.15, -0.1) is 0 Å². The van der Waals surface area contributed by atoms with Gasteiger partial charge in [0.05, 0.1) is 0 Å². The van der Waals surface area contributed by atoms with Crippen molar-refractivity contribution in [2.45, 2.75) is 32.9 Å². The summed E-state index contributed by atoms with van der Waals surface area (Å²) >= 11 is 1.42. The predicted octanol–water partition coefficient (Wildman–Crippen LogP) is 2.56. The first kappa shape index (κ1) is 13.0. The van der Waals surface area contributed by atoms with Gasteiger partial charge in [-0.25, -0.2) is 4.98 Å². The number of benzene rings is 1. The standard InChI is InChI=1S/C13H18N4S/c1-2-3-12-16-13(18-17-12)15-9-11-6-4-10(8-14)5-7-11/h4-7H,2-3,8-9,14H2,1H3,(H,15,16,17). The van der Waals surface area contributed by atoms with E-state index in [1.54, 1.807) is 0 Å². The van der Waals surface area contributed by atoms with Gasteiger partial charge < -0.3 is 11.1 Å². The Labute approximate surface area is 111 Å². The summed E-state index contributed by atoms with van der Waals surface area (Å²) in [4.78, 5) is 4.43. The van der Waals surface area contributed by atoms with E-state index in [2.05, 4.69) is 45.9 Å². The molecule has 0 aliphatic heterocycles. The number of hydrogen-bond donors (Lipinski definition) is 2. The maximum Gasteiger partial charge on any atom is 0.202 e. The first-order valence-corrected chi connectivity index (χ1v) is 6.93. The van der Waals surface area contributed by atoms with Crippen molar-refractivity contribution < 1.29 is 0 Å². The highest BCUT2D eigenvalue weighted by atomic mass is 32.1. The lowest BCUT2D eigenvalue weighted by molar-refractivity contribution is 0.861. The van der Waals surface area contributed by atoms with Crippen LogP contribution in [0.15, 0.2) is 24.3 Å². The molecule has 18 heavy (non-hydrogen) atoms. The molecule has 3 N–H and O–H groups in total. The Morgan fingerprint density at radius 3 is 2.61 bits per heavy atom. The molecular weight excluding hydrogens is 244 g/mol. The number of anilines is 1. The van der Waals surface area contributed by atoms with Crippen LogP contribution in [0, 0.1) is 0 Å². The highest BCUT2D eigenvalue weighted by Gasteiger charge is 2.02. The van der Waals surface area contributed by atoms with E-state index in [9.17, 15) is 0 Å². The largest absolute Gasteiger partial charge is 0.356 e. The maximum atomic E-state index is 5.56. The molecule has 0 fully saturated rings. The molecule has 0 atom stereocenters. The van der Waals surface area contributed by atoms with Gasteiger partial charge in [0.2, 0.25) is 5.13 Å². The molecule has 0 aliphatic rings. The lowest BCUT2D eigenvalue weighted by Crippen LogP contribution is -2.00. The Hall–Kier alpha value is -1.46. The molecule has 1 aromatic carbocycles. The molecule has 0 saturated heterocycles. The van der Waals surface area contributed by atoms with Crippen LogP contribution in [0.3, 0.4) is 0 Å². The predicted molar refractivity (Wildman–Crippen MR) is 75.6 cm³/mol. The zero-order chi connectivity index (χ0) is 12.8. The first-order valence-electron chi connectivity index (χ1n) is 6.16. The third-order valence-electron chi connectivity index (χ3n) is 2.64. The van der Waals surface area contributed by atoms with Crippen molar-refractivity contribution in [2.75, 3.05) is 5.32 Å². The molecule has 5 heteroatoms. The Morgan fingerprint density at radius 2 is 1.94 bits per heavy atom. The number of aryl methyl sites for hydroxylation is 1. The number of rotatable bonds is 6. The van der Waals surface area contributed by atoms with Crippen molar-refractivity contribution in [1.29, 1.82) is 0 Å². The molecule has 0 radical (unpaired) electrons. The van der Waals surface area contributed by atoms with Crippen LogP contribution in [-0.4, -0.2) is 9.36 Å². The highest BCUT2D eigenvalue weighted by molar-refractivity contribution is 7.09. The van der Waals surface area contributed by atoms with Crippen LogP contribution in [0.1, 0.15) is 30.3 Å². The average molecular weight is 262 g/mol. The smallest absolute Gasteiger partial charge is 0.202 e. The van der Waals surface area contributed by atoms with Crippen molar-refractivity contribution >= 4 is 16.7 Å². The van der Waals surface area contributed by atoms with Crippen molar-refractivity contribution in [3.8, 4) is 0 Å². The zero-order valence-electron chi connectivity index (χ0n) is 10.5. The molecule has 0 saturated carbocycles. The molecule has 1 aromatic heterocycles. The minimum atomic E-state index is 0.588. The zero-order valence-corrected chi connectivity index (χ0v) is 11.3. The second-order valence-electron chi connectivity index (χ2n) is 4.14. The van der Waals surface area contributed by atoms with Crippen LogP contribution >= 0.6 is 11.5 Å². The van der Waals surface area contributed by atoms with E-state index in [1.165, 1.54) is 17.1 Å². The van der Waals surface area contributed by atoms with Crippen LogP contribution in [-0.2, 0) is 19.5 Å². The number of nitrogens with two attached hydrogens (primary N) is 1. The molecule has 0 unspecified atom stereocenters. The fourth-order valence-corrected chi connectivity index (χ4v) is 2.23. The molecule has 2 rings (SSSR count). The average Bonchev–Trinajstić information content (AvgIpc) is 2.85. The van der Waals surface area contributed by atoms with E-state index in [4.69, 9.17) is 5.73 Å². The molecule has 1 heterocycles. The number of aromatic nitrogens is 2. The van der Waals surface area contributed by atoms with E-state index in [-0.39, 0.29) is 0 Å². The van der Waals surface area contributed by atoms with Crippen molar-refractivity contribution in [3.05, 3.63) is 41.2 Å². The fraction of sp³-hybridized carbons (Fsp3) is 0.385. The molecule has 2 aromatic rings. The van der Waals surface area contributed by atoms with Gasteiger partial charge in [-0.3, -0.25) is 0 Å². The molecule has 0 aliphatic carbocycles.